The van der Waals surface area contributed by atoms with Crippen molar-refractivity contribution in [1.82, 2.24) is 9.88 Å². The Morgan fingerprint density at radius 1 is 1.28 bits per heavy atom. The summed E-state index contributed by atoms with van der Waals surface area (Å²) in [6, 6.07) is 15.1. The number of fused-ring (bicyclic) bond motifs is 3. The first-order valence-electron chi connectivity index (χ1n) is 8.36. The largest absolute Gasteiger partial charge is 0.548 e. The molecule has 2 heterocycles. The lowest BCUT2D eigenvalue weighted by Gasteiger charge is -2.33. The van der Waals surface area contributed by atoms with Gasteiger partial charge in [0.15, 0.2) is 0 Å². The maximum atomic E-state index is 11.5. The molecule has 5 heteroatoms. The molecule has 0 spiro atoms. The SMILES string of the molecule is CN1CCc2c([nH]c3ccc(OCc4ccccc4)cc23)C1C(=O)[O-]. The van der Waals surface area contributed by atoms with Crippen LogP contribution < -0.4 is 9.84 Å². The van der Waals surface area contributed by atoms with Crippen molar-refractivity contribution in [3.63, 3.8) is 0 Å². The Kier molecular flexibility index (Phi) is 3.93. The molecule has 2 aromatic carbocycles. The Morgan fingerprint density at radius 2 is 2.08 bits per heavy atom. The van der Waals surface area contributed by atoms with Gasteiger partial charge < -0.3 is 19.6 Å². The highest BCUT2D eigenvalue weighted by atomic mass is 16.5. The Labute approximate surface area is 145 Å². The van der Waals surface area contributed by atoms with Gasteiger partial charge in [0.05, 0.1) is 12.0 Å². The molecule has 1 unspecified atom stereocenters. The van der Waals surface area contributed by atoms with E-state index in [9.17, 15) is 9.90 Å². The summed E-state index contributed by atoms with van der Waals surface area (Å²) in [5.74, 6) is -0.294. The molecular formula is C20H19N2O3-. The number of hydrogen-bond acceptors (Lipinski definition) is 4. The average Bonchev–Trinajstić information content (AvgIpc) is 2.98. The van der Waals surface area contributed by atoms with E-state index in [0.717, 1.165) is 39.9 Å². The molecule has 0 bridgehead atoms. The van der Waals surface area contributed by atoms with E-state index in [1.165, 1.54) is 0 Å². The van der Waals surface area contributed by atoms with Crippen LogP contribution in [0.1, 0.15) is 22.9 Å². The van der Waals surface area contributed by atoms with Crippen molar-refractivity contribution in [1.29, 1.82) is 0 Å². The number of rotatable bonds is 4. The summed E-state index contributed by atoms with van der Waals surface area (Å²) in [7, 11) is 1.81. The second-order valence-corrected chi connectivity index (χ2v) is 6.45. The van der Waals surface area contributed by atoms with Crippen LogP contribution in [0.2, 0.25) is 0 Å². The predicted octanol–water partition coefficient (Wildman–Crippen LogP) is 2.03. The third-order valence-corrected chi connectivity index (χ3v) is 4.81. The van der Waals surface area contributed by atoms with Crippen LogP contribution in [0.4, 0.5) is 0 Å². The van der Waals surface area contributed by atoms with Gasteiger partial charge in [0, 0.05) is 23.1 Å². The number of aliphatic carboxylic acids is 1. The summed E-state index contributed by atoms with van der Waals surface area (Å²) in [4.78, 5) is 16.6. The van der Waals surface area contributed by atoms with Gasteiger partial charge in [0.25, 0.3) is 0 Å². The van der Waals surface area contributed by atoms with Crippen LogP contribution in [0, 0.1) is 0 Å². The standard InChI is InChI=1S/C20H20N2O3/c1-22-10-9-15-16-11-14(25-12-13-5-3-2-4-6-13)7-8-17(16)21-18(15)19(22)20(23)24/h2-8,11,19,21H,9-10,12H2,1H3,(H,23,24)/p-1. The molecule has 4 rings (SSSR count). The van der Waals surface area contributed by atoms with E-state index in [-0.39, 0.29) is 0 Å². The molecule has 1 aromatic heterocycles. The molecule has 1 N–H and O–H groups in total. The van der Waals surface area contributed by atoms with E-state index in [2.05, 4.69) is 4.98 Å². The lowest BCUT2D eigenvalue weighted by Crippen LogP contribution is -2.43. The Balaban J connectivity index is 1.66. The fourth-order valence-corrected chi connectivity index (χ4v) is 3.52. The van der Waals surface area contributed by atoms with Crippen molar-refractivity contribution in [3.05, 3.63) is 65.4 Å². The molecule has 1 atom stereocenters. The van der Waals surface area contributed by atoms with Gasteiger partial charge in [0.2, 0.25) is 0 Å². The van der Waals surface area contributed by atoms with Crippen molar-refractivity contribution in [2.24, 2.45) is 0 Å². The van der Waals surface area contributed by atoms with Gasteiger partial charge in [-0.05, 0) is 42.8 Å². The van der Waals surface area contributed by atoms with Crippen molar-refractivity contribution in [2.75, 3.05) is 13.6 Å². The third-order valence-electron chi connectivity index (χ3n) is 4.81. The van der Waals surface area contributed by atoms with Crippen molar-refractivity contribution < 1.29 is 14.6 Å². The zero-order valence-electron chi connectivity index (χ0n) is 14.0. The fourth-order valence-electron chi connectivity index (χ4n) is 3.52. The first-order chi connectivity index (χ1) is 12.1. The minimum absolute atomic E-state index is 0.503. The van der Waals surface area contributed by atoms with Gasteiger partial charge in [-0.15, -0.1) is 0 Å². The van der Waals surface area contributed by atoms with Crippen molar-refractivity contribution in [3.8, 4) is 5.75 Å². The van der Waals surface area contributed by atoms with E-state index >= 15 is 0 Å². The number of likely N-dealkylation sites (N-methyl/N-ethyl adjacent to an activating group) is 1. The number of carboxylic acid groups (broad SMARTS) is 1. The molecule has 0 amide bonds. The fraction of sp³-hybridized carbons (Fsp3) is 0.250. The number of nitrogens with one attached hydrogen (secondary N) is 1. The predicted molar refractivity (Wildman–Crippen MR) is 93.2 cm³/mol. The first kappa shape index (κ1) is 15.7. The van der Waals surface area contributed by atoms with Gasteiger partial charge in [0.1, 0.15) is 12.4 Å². The smallest absolute Gasteiger partial charge is 0.120 e. The molecule has 0 saturated carbocycles. The molecular weight excluding hydrogens is 316 g/mol. The summed E-state index contributed by atoms with van der Waals surface area (Å²) < 4.78 is 5.90. The van der Waals surface area contributed by atoms with Crippen molar-refractivity contribution >= 4 is 16.9 Å². The molecule has 0 aliphatic carbocycles. The molecule has 1 aliphatic heterocycles. The number of benzene rings is 2. The minimum atomic E-state index is -1.07. The van der Waals surface area contributed by atoms with Gasteiger partial charge >= 0.3 is 0 Å². The highest BCUT2D eigenvalue weighted by molar-refractivity contribution is 5.88. The van der Waals surface area contributed by atoms with E-state index in [0.29, 0.717) is 13.2 Å². The highest BCUT2D eigenvalue weighted by Gasteiger charge is 2.29. The molecule has 0 radical (unpaired) electrons. The van der Waals surface area contributed by atoms with Crippen LogP contribution in [0.15, 0.2) is 48.5 Å². The lowest BCUT2D eigenvalue weighted by molar-refractivity contribution is -0.312. The number of aromatic amines is 1. The lowest BCUT2D eigenvalue weighted by atomic mass is 9.98. The molecule has 5 nitrogen and oxygen atoms in total. The average molecular weight is 335 g/mol. The summed E-state index contributed by atoms with van der Waals surface area (Å²) in [6.07, 6.45) is 0.803. The number of carbonyl (C=O) groups is 1. The maximum Gasteiger partial charge on any atom is 0.120 e. The highest BCUT2D eigenvalue weighted by Crippen LogP contribution is 2.35. The van der Waals surface area contributed by atoms with E-state index in [4.69, 9.17) is 4.74 Å². The van der Waals surface area contributed by atoms with Gasteiger partial charge in [-0.2, -0.15) is 0 Å². The Bertz CT molecular complexity index is 917. The molecule has 128 valence electrons. The second-order valence-electron chi connectivity index (χ2n) is 6.45. The molecule has 0 fully saturated rings. The maximum absolute atomic E-state index is 11.5. The molecule has 0 saturated heterocycles. The number of hydrogen-bond donors (Lipinski definition) is 1. The normalized spacial score (nSPS) is 17.4. The molecule has 3 aromatic rings. The number of nitrogens with zero attached hydrogens (tertiary/aromatic N) is 1. The Hall–Kier alpha value is -2.79. The summed E-state index contributed by atoms with van der Waals surface area (Å²) in [5, 5.41) is 12.6. The van der Waals surface area contributed by atoms with Crippen LogP contribution in [0.25, 0.3) is 10.9 Å². The minimum Gasteiger partial charge on any atom is -0.548 e. The zero-order chi connectivity index (χ0) is 17.4. The van der Waals surface area contributed by atoms with E-state index in [1.807, 2.05) is 55.6 Å². The van der Waals surface area contributed by atoms with E-state index < -0.39 is 12.0 Å². The van der Waals surface area contributed by atoms with Crippen molar-refractivity contribution in [2.45, 2.75) is 19.1 Å². The van der Waals surface area contributed by atoms with Gasteiger partial charge in [-0.3, -0.25) is 4.90 Å². The van der Waals surface area contributed by atoms with Crippen LogP contribution in [0.5, 0.6) is 5.75 Å². The number of ether oxygens (including phenoxy) is 1. The van der Waals surface area contributed by atoms with Crippen LogP contribution >= 0.6 is 0 Å². The zero-order valence-corrected chi connectivity index (χ0v) is 14.0. The third kappa shape index (κ3) is 2.87. The second kappa shape index (κ2) is 6.26. The number of H-pyrrole nitrogens is 1. The van der Waals surface area contributed by atoms with Gasteiger partial charge in [-0.1, -0.05) is 30.3 Å². The van der Waals surface area contributed by atoms with E-state index in [1.54, 1.807) is 4.90 Å². The first-order valence-corrected chi connectivity index (χ1v) is 8.36. The number of carbonyl (C=O) groups excluding carboxylic acids is 1. The molecule has 1 aliphatic rings. The topological polar surface area (TPSA) is 68.4 Å². The van der Waals surface area contributed by atoms with Gasteiger partial charge in [-0.25, -0.2) is 0 Å². The number of aromatic nitrogens is 1. The summed E-state index contributed by atoms with van der Waals surface area (Å²) in [5.41, 5.74) is 3.81. The summed E-state index contributed by atoms with van der Waals surface area (Å²) >= 11 is 0. The quantitative estimate of drug-likeness (QED) is 0.792. The number of carboxylic acids is 1. The van der Waals surface area contributed by atoms with Crippen LogP contribution in [0.3, 0.4) is 0 Å². The monoisotopic (exact) mass is 335 g/mol. The van der Waals surface area contributed by atoms with Crippen LogP contribution in [-0.2, 0) is 17.8 Å². The van der Waals surface area contributed by atoms with Crippen LogP contribution in [-0.4, -0.2) is 29.4 Å². The Morgan fingerprint density at radius 3 is 2.84 bits per heavy atom. The summed E-state index contributed by atoms with van der Waals surface area (Å²) in [6.45, 7) is 1.19. The molecule has 25 heavy (non-hydrogen) atoms.